The van der Waals surface area contributed by atoms with Crippen molar-refractivity contribution in [2.24, 2.45) is 5.41 Å². The molecule has 0 atom stereocenters. The van der Waals surface area contributed by atoms with E-state index in [1.54, 1.807) is 0 Å². The predicted molar refractivity (Wildman–Crippen MR) is 77.9 cm³/mol. The topological polar surface area (TPSA) is 46.3 Å². The Morgan fingerprint density at radius 3 is 2.50 bits per heavy atom. The van der Waals surface area contributed by atoms with Gasteiger partial charge in [-0.3, -0.25) is 0 Å². The fraction of sp³-hybridized carbons (Fsp3) is 0.667. The number of fused-ring (bicyclic) bond motifs is 1. The van der Waals surface area contributed by atoms with Crippen LogP contribution in [0.5, 0.6) is 0 Å². The molecule has 0 amide bonds. The van der Waals surface area contributed by atoms with E-state index in [0.717, 1.165) is 30.4 Å². The second-order valence-corrected chi connectivity index (χ2v) is 6.40. The Labute approximate surface area is 119 Å². The van der Waals surface area contributed by atoms with Gasteiger partial charge in [0, 0.05) is 13.1 Å². The number of anilines is 1. The zero-order chi connectivity index (χ0) is 13.6. The third-order valence-electron chi connectivity index (χ3n) is 5.22. The van der Waals surface area contributed by atoms with Crippen molar-refractivity contribution in [1.82, 2.24) is 19.8 Å². The maximum Gasteiger partial charge on any atom is 0.178 e. The summed E-state index contributed by atoms with van der Waals surface area (Å²) in [6.07, 6.45) is 8.41. The lowest BCUT2D eigenvalue weighted by Crippen LogP contribution is -2.39. The van der Waals surface area contributed by atoms with E-state index in [2.05, 4.69) is 21.2 Å². The third kappa shape index (κ3) is 1.87. The number of aromatic nitrogens is 4. The van der Waals surface area contributed by atoms with Crippen molar-refractivity contribution >= 4 is 11.5 Å². The zero-order valence-corrected chi connectivity index (χ0v) is 12.0. The molecule has 1 saturated carbocycles. The average Bonchev–Trinajstić information content (AvgIpc) is 3.08. The van der Waals surface area contributed by atoms with Crippen LogP contribution in [0.3, 0.4) is 0 Å². The van der Waals surface area contributed by atoms with Crippen LogP contribution in [0, 0.1) is 12.3 Å². The Bertz CT molecular complexity index is 616. The average molecular weight is 271 g/mol. The summed E-state index contributed by atoms with van der Waals surface area (Å²) >= 11 is 0. The van der Waals surface area contributed by atoms with E-state index in [1.807, 2.05) is 17.5 Å². The number of hydrogen-bond donors (Lipinski definition) is 0. The quantitative estimate of drug-likeness (QED) is 0.800. The van der Waals surface area contributed by atoms with Gasteiger partial charge in [0.1, 0.15) is 5.82 Å². The first kappa shape index (κ1) is 12.1. The van der Waals surface area contributed by atoms with E-state index in [-0.39, 0.29) is 0 Å². The van der Waals surface area contributed by atoms with Gasteiger partial charge < -0.3 is 4.90 Å². The van der Waals surface area contributed by atoms with E-state index in [4.69, 9.17) is 5.10 Å². The van der Waals surface area contributed by atoms with Gasteiger partial charge in [-0.2, -0.15) is 4.52 Å². The Hall–Kier alpha value is -1.65. The lowest BCUT2D eigenvalue weighted by Gasteiger charge is -2.39. The molecule has 1 aliphatic carbocycles. The van der Waals surface area contributed by atoms with Crippen LogP contribution in [0.25, 0.3) is 5.65 Å². The molecule has 0 bridgehead atoms. The molecule has 2 aromatic rings. The fourth-order valence-corrected chi connectivity index (χ4v) is 3.89. The molecule has 0 radical (unpaired) electrons. The van der Waals surface area contributed by atoms with E-state index >= 15 is 0 Å². The van der Waals surface area contributed by atoms with Crippen molar-refractivity contribution in [3.05, 3.63) is 18.0 Å². The number of hydrogen-bond acceptors (Lipinski definition) is 4. The van der Waals surface area contributed by atoms with Crippen molar-refractivity contribution in [1.29, 1.82) is 0 Å². The summed E-state index contributed by atoms with van der Waals surface area (Å²) < 4.78 is 1.84. The lowest BCUT2D eigenvalue weighted by atomic mass is 9.77. The summed E-state index contributed by atoms with van der Waals surface area (Å²) in [6, 6.07) is 4.10. The highest BCUT2D eigenvalue weighted by Crippen LogP contribution is 2.46. The van der Waals surface area contributed by atoms with Gasteiger partial charge in [-0.25, -0.2) is 0 Å². The van der Waals surface area contributed by atoms with Gasteiger partial charge in [0.05, 0.1) is 0 Å². The second-order valence-electron chi connectivity index (χ2n) is 6.40. The standard InChI is InChI=1S/C15H21N5/c1-12-16-17-13-4-5-14(18-20(12)13)19-10-8-15(9-11-19)6-2-3-7-15/h4-5H,2-3,6-11H2,1H3. The third-order valence-corrected chi connectivity index (χ3v) is 5.22. The monoisotopic (exact) mass is 271 g/mol. The van der Waals surface area contributed by atoms with E-state index < -0.39 is 0 Å². The van der Waals surface area contributed by atoms with E-state index in [1.165, 1.54) is 38.5 Å². The normalized spacial score (nSPS) is 21.9. The van der Waals surface area contributed by atoms with E-state index in [0.29, 0.717) is 5.41 Å². The highest BCUT2D eigenvalue weighted by molar-refractivity contribution is 5.46. The highest BCUT2D eigenvalue weighted by atomic mass is 15.4. The SMILES string of the molecule is Cc1nnc2ccc(N3CCC4(CCCC4)CC3)nn12. The Morgan fingerprint density at radius 1 is 1.00 bits per heavy atom. The Balaban J connectivity index is 1.56. The molecule has 5 heteroatoms. The van der Waals surface area contributed by atoms with Gasteiger partial charge in [-0.15, -0.1) is 15.3 Å². The summed E-state index contributed by atoms with van der Waals surface area (Å²) in [7, 11) is 0. The van der Waals surface area contributed by atoms with Crippen molar-refractivity contribution < 1.29 is 0 Å². The summed E-state index contributed by atoms with van der Waals surface area (Å²) in [5.74, 6) is 1.92. The predicted octanol–water partition coefficient (Wildman–Crippen LogP) is 2.59. The van der Waals surface area contributed by atoms with Crippen molar-refractivity contribution in [3.8, 4) is 0 Å². The zero-order valence-electron chi connectivity index (χ0n) is 12.0. The van der Waals surface area contributed by atoms with Gasteiger partial charge in [0.25, 0.3) is 0 Å². The minimum atomic E-state index is 0.660. The number of piperidine rings is 1. The van der Waals surface area contributed by atoms with Crippen LogP contribution < -0.4 is 4.90 Å². The number of rotatable bonds is 1. The van der Waals surface area contributed by atoms with Crippen LogP contribution in [-0.4, -0.2) is 32.9 Å². The summed E-state index contributed by atoms with van der Waals surface area (Å²) in [5.41, 5.74) is 1.49. The minimum absolute atomic E-state index is 0.660. The molecule has 2 fully saturated rings. The van der Waals surface area contributed by atoms with Gasteiger partial charge in [-0.1, -0.05) is 12.8 Å². The molecular weight excluding hydrogens is 250 g/mol. The molecule has 106 valence electrons. The van der Waals surface area contributed by atoms with Gasteiger partial charge in [-0.05, 0) is 50.2 Å². The van der Waals surface area contributed by atoms with Crippen LogP contribution in [0.1, 0.15) is 44.3 Å². The van der Waals surface area contributed by atoms with Crippen molar-refractivity contribution in [2.75, 3.05) is 18.0 Å². The number of nitrogens with zero attached hydrogens (tertiary/aromatic N) is 5. The first-order valence-electron chi connectivity index (χ1n) is 7.70. The molecule has 1 aliphatic heterocycles. The van der Waals surface area contributed by atoms with Gasteiger partial charge >= 0.3 is 0 Å². The maximum atomic E-state index is 4.69. The van der Waals surface area contributed by atoms with Crippen LogP contribution in [0.4, 0.5) is 5.82 Å². The number of aryl methyl sites for hydroxylation is 1. The molecule has 3 heterocycles. The first-order valence-corrected chi connectivity index (χ1v) is 7.70. The maximum absolute atomic E-state index is 4.69. The molecule has 2 aliphatic rings. The summed E-state index contributed by atoms with van der Waals surface area (Å²) in [6.45, 7) is 4.22. The second kappa shape index (κ2) is 4.43. The van der Waals surface area contributed by atoms with Gasteiger partial charge in [0.2, 0.25) is 0 Å². The summed E-state index contributed by atoms with van der Waals surface area (Å²) in [5, 5.41) is 12.9. The minimum Gasteiger partial charge on any atom is -0.355 e. The summed E-state index contributed by atoms with van der Waals surface area (Å²) in [4.78, 5) is 2.42. The van der Waals surface area contributed by atoms with Crippen LogP contribution in [0.15, 0.2) is 12.1 Å². The molecule has 0 aromatic carbocycles. The molecule has 1 saturated heterocycles. The molecule has 20 heavy (non-hydrogen) atoms. The van der Waals surface area contributed by atoms with E-state index in [9.17, 15) is 0 Å². The molecule has 2 aromatic heterocycles. The largest absolute Gasteiger partial charge is 0.355 e. The van der Waals surface area contributed by atoms with Crippen LogP contribution >= 0.6 is 0 Å². The molecular formula is C15H21N5. The fourth-order valence-electron chi connectivity index (χ4n) is 3.89. The molecule has 0 unspecified atom stereocenters. The smallest absolute Gasteiger partial charge is 0.178 e. The molecule has 4 rings (SSSR count). The van der Waals surface area contributed by atoms with Crippen molar-refractivity contribution in [2.45, 2.75) is 45.4 Å². The Morgan fingerprint density at radius 2 is 1.75 bits per heavy atom. The van der Waals surface area contributed by atoms with Crippen molar-refractivity contribution in [3.63, 3.8) is 0 Å². The molecule has 0 N–H and O–H groups in total. The highest BCUT2D eigenvalue weighted by Gasteiger charge is 2.37. The first-order chi connectivity index (χ1) is 9.76. The molecule has 5 nitrogen and oxygen atoms in total. The Kier molecular flexibility index (Phi) is 2.69. The van der Waals surface area contributed by atoms with Crippen LogP contribution in [-0.2, 0) is 0 Å². The molecule has 1 spiro atoms. The lowest BCUT2D eigenvalue weighted by molar-refractivity contribution is 0.226. The van der Waals surface area contributed by atoms with Gasteiger partial charge in [0.15, 0.2) is 11.5 Å². The van der Waals surface area contributed by atoms with Crippen LogP contribution in [0.2, 0.25) is 0 Å².